The zero-order valence-corrected chi connectivity index (χ0v) is 12.7. The van der Waals surface area contributed by atoms with Crippen molar-refractivity contribution in [3.8, 4) is 5.75 Å². The van der Waals surface area contributed by atoms with Gasteiger partial charge in [-0.15, -0.1) is 0 Å². The Balaban J connectivity index is 1.61. The number of primary amides is 1. The Labute approximate surface area is 134 Å². The van der Waals surface area contributed by atoms with Crippen molar-refractivity contribution in [3.63, 3.8) is 0 Å². The summed E-state index contributed by atoms with van der Waals surface area (Å²) in [7, 11) is 0. The predicted molar refractivity (Wildman–Crippen MR) is 87.6 cm³/mol. The van der Waals surface area contributed by atoms with Crippen molar-refractivity contribution in [2.24, 2.45) is 5.73 Å². The summed E-state index contributed by atoms with van der Waals surface area (Å²) >= 11 is 0. The van der Waals surface area contributed by atoms with Crippen LogP contribution in [0.25, 0.3) is 0 Å². The van der Waals surface area contributed by atoms with E-state index >= 15 is 0 Å². The van der Waals surface area contributed by atoms with Crippen LogP contribution in [0.5, 0.6) is 5.75 Å². The number of hydrogen-bond donors (Lipinski definition) is 2. The molecule has 118 valence electrons. The molecule has 2 amide bonds. The summed E-state index contributed by atoms with van der Waals surface area (Å²) < 4.78 is 5.54. The van der Waals surface area contributed by atoms with Gasteiger partial charge in [-0.25, -0.2) is 0 Å². The molecule has 5 heteroatoms. The molecular formula is C18H18N2O3. The van der Waals surface area contributed by atoms with Crippen molar-refractivity contribution in [3.05, 3.63) is 59.2 Å². The van der Waals surface area contributed by atoms with E-state index in [4.69, 9.17) is 10.5 Å². The number of carbonyl (C=O) groups is 2. The molecule has 3 N–H and O–H groups in total. The van der Waals surface area contributed by atoms with Gasteiger partial charge in [0.2, 0.25) is 0 Å². The molecule has 0 saturated carbocycles. The highest BCUT2D eigenvalue weighted by atomic mass is 16.5. The fourth-order valence-electron chi connectivity index (χ4n) is 2.78. The molecule has 23 heavy (non-hydrogen) atoms. The summed E-state index contributed by atoms with van der Waals surface area (Å²) in [6.07, 6.45) is 3.34. The number of rotatable bonds is 5. The van der Waals surface area contributed by atoms with Crippen LogP contribution in [-0.2, 0) is 17.6 Å². The number of para-hydroxylation sites is 1. The van der Waals surface area contributed by atoms with E-state index in [0.717, 1.165) is 12.8 Å². The average molecular weight is 310 g/mol. The Kier molecular flexibility index (Phi) is 4.28. The molecule has 0 fully saturated rings. The number of aryl methyl sites for hydroxylation is 2. The van der Waals surface area contributed by atoms with Gasteiger partial charge in [0.1, 0.15) is 5.75 Å². The molecule has 2 aromatic carbocycles. The molecular weight excluding hydrogens is 292 g/mol. The Morgan fingerprint density at radius 1 is 1.09 bits per heavy atom. The lowest BCUT2D eigenvalue weighted by molar-refractivity contribution is -0.118. The van der Waals surface area contributed by atoms with Crippen molar-refractivity contribution >= 4 is 17.5 Å². The minimum atomic E-state index is -0.583. The zero-order valence-electron chi connectivity index (χ0n) is 12.7. The highest BCUT2D eigenvalue weighted by Crippen LogP contribution is 2.26. The molecule has 0 aromatic heterocycles. The molecule has 0 spiro atoms. The second-order valence-electron chi connectivity index (χ2n) is 5.53. The Morgan fingerprint density at radius 2 is 1.87 bits per heavy atom. The first-order valence-electron chi connectivity index (χ1n) is 7.57. The molecule has 1 aliphatic rings. The van der Waals surface area contributed by atoms with Crippen molar-refractivity contribution in [1.29, 1.82) is 0 Å². The first-order chi connectivity index (χ1) is 11.1. The van der Waals surface area contributed by atoms with Crippen LogP contribution in [-0.4, -0.2) is 18.4 Å². The van der Waals surface area contributed by atoms with E-state index in [2.05, 4.69) is 11.4 Å². The lowest BCUT2D eigenvalue weighted by Crippen LogP contribution is -2.22. The largest absolute Gasteiger partial charge is 0.484 e. The first-order valence-corrected chi connectivity index (χ1v) is 7.57. The van der Waals surface area contributed by atoms with Gasteiger partial charge in [0.05, 0.1) is 11.3 Å². The van der Waals surface area contributed by atoms with Crippen molar-refractivity contribution in [1.82, 2.24) is 0 Å². The third kappa shape index (κ3) is 3.51. The van der Waals surface area contributed by atoms with Gasteiger partial charge in [0.25, 0.3) is 11.8 Å². The number of carbonyl (C=O) groups excluding carboxylic acids is 2. The SMILES string of the molecule is NC(=O)c1ccccc1NC(=O)COc1ccc2c(c1)CCC2. The topological polar surface area (TPSA) is 81.4 Å². The van der Waals surface area contributed by atoms with Crippen LogP contribution < -0.4 is 15.8 Å². The van der Waals surface area contributed by atoms with Gasteiger partial charge in [-0.3, -0.25) is 9.59 Å². The fourth-order valence-corrected chi connectivity index (χ4v) is 2.78. The molecule has 0 heterocycles. The second kappa shape index (κ2) is 6.52. The highest BCUT2D eigenvalue weighted by Gasteiger charge is 2.13. The van der Waals surface area contributed by atoms with Gasteiger partial charge in [-0.1, -0.05) is 18.2 Å². The summed E-state index contributed by atoms with van der Waals surface area (Å²) in [6, 6.07) is 12.5. The Hall–Kier alpha value is -2.82. The summed E-state index contributed by atoms with van der Waals surface area (Å²) in [6.45, 7) is -0.119. The standard InChI is InChI=1S/C18H18N2O3/c19-18(22)15-6-1-2-7-16(15)20-17(21)11-23-14-9-8-12-4-3-5-13(12)10-14/h1-2,6-10H,3-5,11H2,(H2,19,22)(H,20,21). The maximum absolute atomic E-state index is 12.0. The molecule has 1 aliphatic carbocycles. The zero-order chi connectivity index (χ0) is 16.2. The molecule has 3 rings (SSSR count). The van der Waals surface area contributed by atoms with Gasteiger partial charge >= 0.3 is 0 Å². The summed E-state index contributed by atoms with van der Waals surface area (Å²) in [4.78, 5) is 23.3. The van der Waals surface area contributed by atoms with Gasteiger partial charge < -0.3 is 15.8 Å². The van der Waals surface area contributed by atoms with E-state index in [9.17, 15) is 9.59 Å². The third-order valence-electron chi connectivity index (χ3n) is 3.91. The van der Waals surface area contributed by atoms with E-state index in [0.29, 0.717) is 11.4 Å². The minimum Gasteiger partial charge on any atom is -0.484 e. The van der Waals surface area contributed by atoms with Crippen LogP contribution in [0.1, 0.15) is 27.9 Å². The van der Waals surface area contributed by atoms with Crippen molar-refractivity contribution in [2.45, 2.75) is 19.3 Å². The van der Waals surface area contributed by atoms with E-state index in [1.54, 1.807) is 24.3 Å². The molecule has 0 unspecified atom stereocenters. The van der Waals surface area contributed by atoms with Gasteiger partial charge in [0.15, 0.2) is 6.61 Å². The number of hydrogen-bond acceptors (Lipinski definition) is 3. The normalized spacial score (nSPS) is 12.5. The number of nitrogens with one attached hydrogen (secondary N) is 1. The van der Waals surface area contributed by atoms with Crippen molar-refractivity contribution < 1.29 is 14.3 Å². The van der Waals surface area contributed by atoms with Gasteiger partial charge in [-0.2, -0.15) is 0 Å². The summed E-state index contributed by atoms with van der Waals surface area (Å²) in [5.41, 5.74) is 8.61. The molecule has 0 aliphatic heterocycles. The van der Waals surface area contributed by atoms with Crippen LogP contribution >= 0.6 is 0 Å². The maximum Gasteiger partial charge on any atom is 0.262 e. The number of amides is 2. The maximum atomic E-state index is 12.0. The van der Waals surface area contributed by atoms with E-state index in [1.165, 1.54) is 17.5 Å². The number of nitrogens with two attached hydrogens (primary N) is 1. The van der Waals surface area contributed by atoms with Crippen LogP contribution in [0.4, 0.5) is 5.69 Å². The van der Waals surface area contributed by atoms with Gasteiger partial charge in [-0.05, 0) is 54.7 Å². The fraction of sp³-hybridized carbons (Fsp3) is 0.222. The lowest BCUT2D eigenvalue weighted by Gasteiger charge is -2.10. The molecule has 0 bridgehead atoms. The Bertz CT molecular complexity index is 756. The molecule has 0 saturated heterocycles. The molecule has 5 nitrogen and oxygen atoms in total. The molecule has 2 aromatic rings. The third-order valence-corrected chi connectivity index (χ3v) is 3.91. The Morgan fingerprint density at radius 3 is 2.70 bits per heavy atom. The molecule has 0 radical (unpaired) electrons. The van der Waals surface area contributed by atoms with E-state index < -0.39 is 5.91 Å². The lowest BCUT2D eigenvalue weighted by atomic mass is 10.1. The van der Waals surface area contributed by atoms with Crippen LogP contribution in [0, 0.1) is 0 Å². The second-order valence-corrected chi connectivity index (χ2v) is 5.53. The molecule has 0 atom stereocenters. The predicted octanol–water partition coefficient (Wildman–Crippen LogP) is 2.29. The van der Waals surface area contributed by atoms with Crippen LogP contribution in [0.15, 0.2) is 42.5 Å². The van der Waals surface area contributed by atoms with E-state index in [-0.39, 0.29) is 18.1 Å². The summed E-state index contributed by atoms with van der Waals surface area (Å²) in [5.74, 6) is -0.233. The van der Waals surface area contributed by atoms with Gasteiger partial charge in [0, 0.05) is 0 Å². The average Bonchev–Trinajstić information content (AvgIpc) is 3.01. The van der Waals surface area contributed by atoms with Crippen LogP contribution in [0.3, 0.4) is 0 Å². The smallest absolute Gasteiger partial charge is 0.262 e. The monoisotopic (exact) mass is 310 g/mol. The van der Waals surface area contributed by atoms with Crippen molar-refractivity contribution in [2.75, 3.05) is 11.9 Å². The number of anilines is 1. The quantitative estimate of drug-likeness (QED) is 0.889. The van der Waals surface area contributed by atoms with Crippen LogP contribution in [0.2, 0.25) is 0 Å². The first kappa shape index (κ1) is 15.1. The highest BCUT2D eigenvalue weighted by molar-refractivity contribution is 6.03. The number of benzene rings is 2. The van der Waals surface area contributed by atoms with E-state index in [1.807, 2.05) is 12.1 Å². The minimum absolute atomic E-state index is 0.119. The number of fused-ring (bicyclic) bond motifs is 1. The summed E-state index contributed by atoms with van der Waals surface area (Å²) in [5, 5.41) is 2.65. The number of ether oxygens (including phenoxy) is 1.